The van der Waals surface area contributed by atoms with Crippen molar-refractivity contribution in [2.75, 3.05) is 13.1 Å². The van der Waals surface area contributed by atoms with Gasteiger partial charge in [-0.05, 0) is 23.8 Å². The molecule has 3 aromatic carbocycles. The molecule has 37 heavy (non-hydrogen) atoms. The van der Waals surface area contributed by atoms with Crippen LogP contribution < -0.4 is 10.6 Å². The molecule has 0 aliphatic rings. The predicted molar refractivity (Wildman–Crippen MR) is 143 cm³/mol. The number of H-pyrrole nitrogens is 1. The van der Waals surface area contributed by atoms with Gasteiger partial charge >= 0.3 is 0 Å². The van der Waals surface area contributed by atoms with Crippen molar-refractivity contribution >= 4 is 22.7 Å². The molecule has 8 nitrogen and oxygen atoms in total. The van der Waals surface area contributed by atoms with Crippen LogP contribution in [0, 0.1) is 0 Å². The molecule has 5 rings (SSSR count). The normalized spacial score (nSPS) is 10.8. The van der Waals surface area contributed by atoms with E-state index in [2.05, 4.69) is 31.9 Å². The van der Waals surface area contributed by atoms with E-state index in [1.165, 1.54) is 6.92 Å². The Morgan fingerprint density at radius 1 is 0.784 bits per heavy atom. The molecular weight excluding hydrogens is 464 g/mol. The van der Waals surface area contributed by atoms with Gasteiger partial charge in [-0.15, -0.1) is 10.2 Å². The first-order valence-corrected chi connectivity index (χ1v) is 12.1. The first-order chi connectivity index (χ1) is 18.1. The molecule has 0 spiro atoms. The summed E-state index contributed by atoms with van der Waals surface area (Å²) in [6.07, 6.45) is 2.54. The Kier molecular flexibility index (Phi) is 6.98. The van der Waals surface area contributed by atoms with Gasteiger partial charge in [-0.3, -0.25) is 9.59 Å². The smallest absolute Gasteiger partial charge is 0.251 e. The molecular formula is C29H26N6O2. The molecule has 2 heterocycles. The van der Waals surface area contributed by atoms with Gasteiger partial charge in [0, 0.05) is 60.2 Å². The second-order valence-corrected chi connectivity index (χ2v) is 8.64. The lowest BCUT2D eigenvalue weighted by molar-refractivity contribution is -0.118. The van der Waals surface area contributed by atoms with Crippen molar-refractivity contribution in [1.82, 2.24) is 30.8 Å². The van der Waals surface area contributed by atoms with Gasteiger partial charge < -0.3 is 15.6 Å². The fraction of sp³-hybridized carbons (Fsp3) is 0.138. The monoisotopic (exact) mass is 490 g/mol. The van der Waals surface area contributed by atoms with Gasteiger partial charge in [0.15, 0.2) is 5.82 Å². The summed E-state index contributed by atoms with van der Waals surface area (Å²) in [6, 6.07) is 25.2. The summed E-state index contributed by atoms with van der Waals surface area (Å²) in [5, 5.41) is 15.6. The zero-order chi connectivity index (χ0) is 25.6. The number of fused-ring (bicyclic) bond motifs is 1. The van der Waals surface area contributed by atoms with Crippen molar-refractivity contribution in [3.8, 4) is 22.5 Å². The van der Waals surface area contributed by atoms with Gasteiger partial charge in [-0.1, -0.05) is 60.7 Å². The molecule has 0 bridgehead atoms. The Morgan fingerprint density at radius 3 is 2.27 bits per heavy atom. The number of aromatic amines is 1. The highest BCUT2D eigenvalue weighted by Gasteiger charge is 2.16. The Labute approximate surface area is 214 Å². The molecule has 5 aromatic rings. The average molecular weight is 491 g/mol. The molecule has 0 unspecified atom stereocenters. The molecule has 0 saturated carbocycles. The molecule has 0 saturated heterocycles. The van der Waals surface area contributed by atoms with Crippen LogP contribution in [0.25, 0.3) is 33.4 Å². The molecule has 2 amide bonds. The summed E-state index contributed by atoms with van der Waals surface area (Å²) >= 11 is 0. The van der Waals surface area contributed by atoms with Crippen LogP contribution in [-0.4, -0.2) is 45.1 Å². The number of amides is 2. The third kappa shape index (κ3) is 5.54. The van der Waals surface area contributed by atoms with Crippen molar-refractivity contribution < 1.29 is 9.59 Å². The zero-order valence-electron chi connectivity index (χ0n) is 20.4. The lowest BCUT2D eigenvalue weighted by Gasteiger charge is -2.11. The number of nitrogens with zero attached hydrogens (tertiary/aromatic N) is 3. The number of benzene rings is 3. The second-order valence-electron chi connectivity index (χ2n) is 8.64. The largest absolute Gasteiger partial charge is 0.361 e. The van der Waals surface area contributed by atoms with Gasteiger partial charge in [0.05, 0.1) is 0 Å². The lowest BCUT2D eigenvalue weighted by atomic mass is 10.0. The van der Waals surface area contributed by atoms with Crippen LogP contribution in [-0.2, 0) is 11.2 Å². The Hall–Kier alpha value is -4.85. The van der Waals surface area contributed by atoms with Crippen LogP contribution >= 0.6 is 0 Å². The van der Waals surface area contributed by atoms with Gasteiger partial charge in [0.2, 0.25) is 5.91 Å². The molecule has 0 aliphatic carbocycles. The van der Waals surface area contributed by atoms with Crippen molar-refractivity contribution in [3.05, 3.63) is 102 Å². The molecule has 0 atom stereocenters. The zero-order valence-corrected chi connectivity index (χ0v) is 20.4. The molecule has 8 heteroatoms. The minimum Gasteiger partial charge on any atom is -0.361 e. The van der Waals surface area contributed by atoms with E-state index in [0.717, 1.165) is 33.3 Å². The minimum absolute atomic E-state index is 0.130. The number of carbonyl (C=O) groups excluding carboxylic acids is 2. The topological polar surface area (TPSA) is 113 Å². The van der Waals surface area contributed by atoms with Gasteiger partial charge in [-0.2, -0.15) is 0 Å². The maximum atomic E-state index is 12.4. The van der Waals surface area contributed by atoms with E-state index in [4.69, 9.17) is 4.98 Å². The number of hydrogen-bond donors (Lipinski definition) is 3. The predicted octanol–water partition coefficient (Wildman–Crippen LogP) is 4.14. The Bertz CT molecular complexity index is 1540. The van der Waals surface area contributed by atoms with Crippen LogP contribution in [0.5, 0.6) is 0 Å². The van der Waals surface area contributed by atoms with Crippen molar-refractivity contribution in [2.45, 2.75) is 13.3 Å². The number of para-hydroxylation sites is 1. The van der Waals surface area contributed by atoms with E-state index < -0.39 is 0 Å². The highest BCUT2D eigenvalue weighted by molar-refractivity contribution is 5.95. The number of rotatable bonds is 8. The highest BCUT2D eigenvalue weighted by Crippen LogP contribution is 2.29. The molecule has 0 aliphatic heterocycles. The molecule has 2 aromatic heterocycles. The fourth-order valence-corrected chi connectivity index (χ4v) is 4.17. The lowest BCUT2D eigenvalue weighted by Crippen LogP contribution is -2.33. The Balaban J connectivity index is 1.41. The third-order valence-electron chi connectivity index (χ3n) is 6.01. The van der Waals surface area contributed by atoms with E-state index in [0.29, 0.717) is 36.6 Å². The molecule has 0 fully saturated rings. The first-order valence-electron chi connectivity index (χ1n) is 12.1. The number of carbonyl (C=O) groups is 2. The quantitative estimate of drug-likeness (QED) is 0.283. The van der Waals surface area contributed by atoms with Crippen LogP contribution in [0.15, 0.2) is 85.1 Å². The van der Waals surface area contributed by atoms with E-state index in [1.54, 1.807) is 12.1 Å². The molecule has 184 valence electrons. The molecule has 3 N–H and O–H groups in total. The molecule has 0 radical (unpaired) electrons. The standard InChI is InChI=1S/C29H26N6O2/c1-19(36)30-15-16-31-29(37)22-13-11-21(12-14-22)28-27(20-7-3-2-4-8-20)33-26(34-35-28)17-23-18-32-25-10-6-5-9-24(23)25/h2-14,18,32H,15-17H2,1H3,(H,30,36)(H,31,37). The second kappa shape index (κ2) is 10.8. The van der Waals surface area contributed by atoms with E-state index in [9.17, 15) is 9.59 Å². The van der Waals surface area contributed by atoms with E-state index in [-0.39, 0.29) is 11.8 Å². The van der Waals surface area contributed by atoms with Gasteiger partial charge in [-0.25, -0.2) is 4.98 Å². The fourth-order valence-electron chi connectivity index (χ4n) is 4.17. The van der Waals surface area contributed by atoms with E-state index in [1.807, 2.05) is 66.9 Å². The van der Waals surface area contributed by atoms with E-state index >= 15 is 0 Å². The summed E-state index contributed by atoms with van der Waals surface area (Å²) in [4.78, 5) is 31.6. The van der Waals surface area contributed by atoms with Gasteiger partial charge in [0.25, 0.3) is 5.91 Å². The van der Waals surface area contributed by atoms with Crippen LogP contribution in [0.1, 0.15) is 28.7 Å². The highest BCUT2D eigenvalue weighted by atomic mass is 16.2. The van der Waals surface area contributed by atoms with Crippen molar-refractivity contribution in [1.29, 1.82) is 0 Å². The Morgan fingerprint density at radius 2 is 1.49 bits per heavy atom. The summed E-state index contributed by atoms with van der Waals surface area (Å²) in [6.45, 7) is 2.17. The third-order valence-corrected chi connectivity index (χ3v) is 6.01. The maximum absolute atomic E-state index is 12.4. The number of aromatic nitrogens is 4. The minimum atomic E-state index is -0.210. The van der Waals surface area contributed by atoms with Gasteiger partial charge in [0.1, 0.15) is 11.4 Å². The van der Waals surface area contributed by atoms with Crippen LogP contribution in [0.4, 0.5) is 0 Å². The maximum Gasteiger partial charge on any atom is 0.251 e. The summed E-state index contributed by atoms with van der Waals surface area (Å²) < 4.78 is 0. The first kappa shape index (κ1) is 23.9. The van der Waals surface area contributed by atoms with Crippen molar-refractivity contribution in [2.24, 2.45) is 0 Å². The van der Waals surface area contributed by atoms with Crippen LogP contribution in [0.2, 0.25) is 0 Å². The number of nitrogens with one attached hydrogen (secondary N) is 3. The van der Waals surface area contributed by atoms with Crippen LogP contribution in [0.3, 0.4) is 0 Å². The summed E-state index contributed by atoms with van der Waals surface area (Å²) in [5.41, 5.74) is 5.83. The SMILES string of the molecule is CC(=O)NCCNC(=O)c1ccc(-c2nnc(Cc3c[nH]c4ccccc34)nc2-c2ccccc2)cc1. The summed E-state index contributed by atoms with van der Waals surface area (Å²) in [5.74, 6) is 0.288. The average Bonchev–Trinajstić information content (AvgIpc) is 3.34. The summed E-state index contributed by atoms with van der Waals surface area (Å²) in [7, 11) is 0. The van der Waals surface area contributed by atoms with Crippen molar-refractivity contribution in [3.63, 3.8) is 0 Å². The number of hydrogen-bond acceptors (Lipinski definition) is 5.